The van der Waals surface area contributed by atoms with Gasteiger partial charge in [0, 0.05) is 29.3 Å². The first kappa shape index (κ1) is 18.2. The highest BCUT2D eigenvalue weighted by Gasteiger charge is 2.15. The van der Waals surface area contributed by atoms with Crippen LogP contribution in [0.25, 0.3) is 22.2 Å². The molecule has 2 heterocycles. The maximum absolute atomic E-state index is 11.6. The number of methoxy groups -OCH3 is 1. The van der Waals surface area contributed by atoms with Gasteiger partial charge in [0.2, 0.25) is 10.0 Å². The molecule has 0 bridgehead atoms. The zero-order chi connectivity index (χ0) is 19.1. The molecule has 0 saturated carbocycles. The molecule has 3 rings (SSSR count). The van der Waals surface area contributed by atoms with Crippen LogP contribution in [0.3, 0.4) is 0 Å². The van der Waals surface area contributed by atoms with Crippen LogP contribution in [-0.2, 0) is 16.6 Å². The lowest BCUT2D eigenvalue weighted by atomic mass is 10.0. The van der Waals surface area contributed by atoms with Gasteiger partial charge in [0.25, 0.3) is 0 Å². The highest BCUT2D eigenvalue weighted by molar-refractivity contribution is 7.92. The van der Waals surface area contributed by atoms with E-state index < -0.39 is 10.0 Å². The van der Waals surface area contributed by atoms with Crippen molar-refractivity contribution in [3.05, 3.63) is 35.7 Å². The van der Waals surface area contributed by atoms with Gasteiger partial charge in [0.05, 0.1) is 36.5 Å². The van der Waals surface area contributed by atoms with Crippen molar-refractivity contribution in [3.8, 4) is 17.0 Å². The minimum Gasteiger partial charge on any atom is -0.494 e. The molecule has 0 atom stereocenters. The third kappa shape index (κ3) is 3.37. The van der Waals surface area contributed by atoms with Crippen LogP contribution in [0.1, 0.15) is 18.2 Å². The molecule has 0 spiro atoms. The van der Waals surface area contributed by atoms with Crippen LogP contribution >= 0.6 is 0 Å². The van der Waals surface area contributed by atoms with Gasteiger partial charge in [-0.1, -0.05) is 0 Å². The number of fused-ring (bicyclic) bond motifs is 1. The molecule has 0 fully saturated rings. The largest absolute Gasteiger partial charge is 0.494 e. The second-order valence-electron chi connectivity index (χ2n) is 6.23. The number of hydrogen-bond donors (Lipinski definition) is 1. The maximum Gasteiger partial charge on any atom is 0.229 e. The summed E-state index contributed by atoms with van der Waals surface area (Å²) in [5.74, 6) is 0.424. The number of aryl methyl sites for hydroxylation is 2. The second-order valence-corrected chi connectivity index (χ2v) is 7.98. The first-order valence-corrected chi connectivity index (χ1v) is 10.1. The van der Waals surface area contributed by atoms with Gasteiger partial charge >= 0.3 is 0 Å². The molecular weight excluding hydrogens is 352 g/mol. The Kier molecular flexibility index (Phi) is 4.62. The van der Waals surface area contributed by atoms with Crippen molar-refractivity contribution in [1.29, 1.82) is 0 Å². The number of ether oxygens (including phenoxy) is 1. The number of aromatic nitrogens is 3. The van der Waals surface area contributed by atoms with E-state index in [1.165, 1.54) is 7.11 Å². The molecule has 0 aliphatic carbocycles. The highest BCUT2D eigenvalue weighted by Crippen LogP contribution is 2.34. The average molecular weight is 374 g/mol. The first-order chi connectivity index (χ1) is 12.2. The van der Waals surface area contributed by atoms with Crippen LogP contribution in [0, 0.1) is 13.8 Å². The van der Waals surface area contributed by atoms with Crippen LogP contribution < -0.4 is 9.46 Å². The summed E-state index contributed by atoms with van der Waals surface area (Å²) in [5, 5.41) is 5.25. The summed E-state index contributed by atoms with van der Waals surface area (Å²) in [4.78, 5) is 4.75. The molecule has 0 radical (unpaired) electrons. The summed E-state index contributed by atoms with van der Waals surface area (Å²) in [6.07, 6.45) is 2.93. The van der Waals surface area contributed by atoms with Gasteiger partial charge in [0.15, 0.2) is 0 Å². The third-order valence-corrected chi connectivity index (χ3v) is 4.90. The number of pyridine rings is 1. The van der Waals surface area contributed by atoms with Crippen LogP contribution in [0.4, 0.5) is 5.69 Å². The summed E-state index contributed by atoms with van der Waals surface area (Å²) in [7, 11) is -1.91. The predicted octanol–water partition coefficient (Wildman–Crippen LogP) is 3.12. The molecule has 2 aromatic heterocycles. The fraction of sp³-hybridized carbons (Fsp3) is 0.333. The third-order valence-electron chi connectivity index (χ3n) is 4.31. The molecule has 0 aliphatic rings. The Morgan fingerprint density at radius 1 is 1.23 bits per heavy atom. The van der Waals surface area contributed by atoms with Crippen LogP contribution in [0.2, 0.25) is 0 Å². The molecule has 7 nitrogen and oxygen atoms in total. The number of sulfonamides is 1. The Hall–Kier alpha value is -2.61. The van der Waals surface area contributed by atoms with E-state index in [-0.39, 0.29) is 0 Å². The first-order valence-electron chi connectivity index (χ1n) is 8.23. The summed E-state index contributed by atoms with van der Waals surface area (Å²) in [6.45, 7) is 6.84. The molecular formula is C18H22N4O3S. The molecule has 1 aromatic carbocycles. The van der Waals surface area contributed by atoms with E-state index in [4.69, 9.17) is 9.72 Å². The molecule has 26 heavy (non-hydrogen) atoms. The number of rotatable bonds is 5. The van der Waals surface area contributed by atoms with Gasteiger partial charge < -0.3 is 4.74 Å². The van der Waals surface area contributed by atoms with E-state index >= 15 is 0 Å². The smallest absolute Gasteiger partial charge is 0.229 e. The van der Waals surface area contributed by atoms with Gasteiger partial charge in [-0.05, 0) is 38.5 Å². The van der Waals surface area contributed by atoms with Gasteiger partial charge in [0.1, 0.15) is 5.75 Å². The zero-order valence-corrected chi connectivity index (χ0v) is 16.3. The summed E-state index contributed by atoms with van der Waals surface area (Å²) >= 11 is 0. The molecule has 1 N–H and O–H groups in total. The van der Waals surface area contributed by atoms with Crippen molar-refractivity contribution in [1.82, 2.24) is 14.8 Å². The van der Waals surface area contributed by atoms with Crippen LogP contribution in [0.15, 0.2) is 24.4 Å². The number of nitrogens with zero attached hydrogens (tertiary/aromatic N) is 3. The standard InChI is InChI=1S/C18H22N4O3S/c1-6-22-12(3)14(10-19-22)15-7-11(2)13-8-17(21-26(5,23)24)18(25-4)9-16(13)20-15/h7-10,21H,6H2,1-5H3. The number of benzene rings is 1. The van der Waals surface area contributed by atoms with Gasteiger partial charge in [-0.3, -0.25) is 9.40 Å². The Bertz CT molecular complexity index is 1090. The van der Waals surface area contributed by atoms with Crippen molar-refractivity contribution in [2.45, 2.75) is 27.3 Å². The maximum atomic E-state index is 11.6. The van der Waals surface area contributed by atoms with E-state index in [0.29, 0.717) is 11.4 Å². The molecule has 0 amide bonds. The monoisotopic (exact) mass is 374 g/mol. The SMILES string of the molecule is CCn1ncc(-c2cc(C)c3cc(NS(C)(=O)=O)c(OC)cc3n2)c1C. The Balaban J connectivity index is 2.19. The molecule has 8 heteroatoms. The molecule has 3 aromatic rings. The van der Waals surface area contributed by atoms with Gasteiger partial charge in [-0.15, -0.1) is 0 Å². The van der Waals surface area contributed by atoms with Crippen molar-refractivity contribution in [2.24, 2.45) is 0 Å². The van der Waals surface area contributed by atoms with E-state index in [2.05, 4.69) is 9.82 Å². The predicted molar refractivity (Wildman–Crippen MR) is 103 cm³/mol. The quantitative estimate of drug-likeness (QED) is 0.741. The van der Waals surface area contributed by atoms with Gasteiger partial charge in [-0.25, -0.2) is 13.4 Å². The topological polar surface area (TPSA) is 86.1 Å². The average Bonchev–Trinajstić information content (AvgIpc) is 2.94. The number of hydrogen-bond acceptors (Lipinski definition) is 5. The normalized spacial score (nSPS) is 11.7. The van der Waals surface area contributed by atoms with Crippen molar-refractivity contribution in [3.63, 3.8) is 0 Å². The van der Waals surface area contributed by atoms with Crippen molar-refractivity contribution in [2.75, 3.05) is 18.1 Å². The molecule has 0 aliphatic heterocycles. The number of anilines is 1. The lowest BCUT2D eigenvalue weighted by Crippen LogP contribution is -2.10. The lowest BCUT2D eigenvalue weighted by molar-refractivity contribution is 0.417. The highest BCUT2D eigenvalue weighted by atomic mass is 32.2. The van der Waals surface area contributed by atoms with E-state index in [1.807, 2.05) is 37.7 Å². The molecule has 138 valence electrons. The van der Waals surface area contributed by atoms with Crippen molar-refractivity contribution < 1.29 is 13.2 Å². The zero-order valence-electron chi connectivity index (χ0n) is 15.5. The Labute approximate surface area is 153 Å². The van der Waals surface area contributed by atoms with Crippen molar-refractivity contribution >= 4 is 26.6 Å². The Morgan fingerprint density at radius 3 is 2.54 bits per heavy atom. The van der Waals surface area contributed by atoms with E-state index in [0.717, 1.165) is 46.2 Å². The summed E-state index contributed by atoms with van der Waals surface area (Å²) in [5.41, 5.74) is 5.00. The fourth-order valence-electron chi connectivity index (χ4n) is 3.03. The summed E-state index contributed by atoms with van der Waals surface area (Å²) in [6, 6.07) is 5.49. The minimum atomic E-state index is -3.41. The van der Waals surface area contributed by atoms with E-state index in [1.54, 1.807) is 12.1 Å². The fourth-order valence-corrected chi connectivity index (χ4v) is 3.58. The molecule has 0 unspecified atom stereocenters. The van der Waals surface area contributed by atoms with Gasteiger partial charge in [-0.2, -0.15) is 5.10 Å². The van der Waals surface area contributed by atoms with E-state index in [9.17, 15) is 8.42 Å². The lowest BCUT2D eigenvalue weighted by Gasteiger charge is -2.13. The van der Waals surface area contributed by atoms with Crippen LogP contribution in [-0.4, -0.2) is 36.5 Å². The second kappa shape index (κ2) is 6.60. The minimum absolute atomic E-state index is 0.398. The number of nitrogens with one attached hydrogen (secondary N) is 1. The Morgan fingerprint density at radius 2 is 1.96 bits per heavy atom. The summed E-state index contributed by atoms with van der Waals surface area (Å²) < 4.78 is 33.0. The van der Waals surface area contributed by atoms with Crippen LogP contribution in [0.5, 0.6) is 5.75 Å². The molecule has 0 saturated heterocycles.